The maximum absolute atomic E-state index is 11.6. The monoisotopic (exact) mass is 245 g/mol. The molecule has 3 aromatic rings. The molecule has 2 aromatic carbocycles. The highest BCUT2D eigenvalue weighted by molar-refractivity contribution is 6.34. The SMILES string of the molecule is Cc1[nH]c2ccccc2c1-c1c(Cl)c(=O)c1=O. The number of aryl methyl sites for hydroxylation is 1. The predicted octanol–water partition coefficient (Wildman–Crippen LogP) is 2.39. The van der Waals surface area contributed by atoms with Crippen molar-refractivity contribution in [3.63, 3.8) is 0 Å². The van der Waals surface area contributed by atoms with Gasteiger partial charge in [-0.15, -0.1) is 0 Å². The van der Waals surface area contributed by atoms with Crippen molar-refractivity contribution in [2.24, 2.45) is 0 Å². The summed E-state index contributed by atoms with van der Waals surface area (Å²) < 4.78 is 0. The van der Waals surface area contributed by atoms with Crippen LogP contribution in [-0.2, 0) is 0 Å². The Kier molecular flexibility index (Phi) is 2.00. The number of aromatic nitrogens is 1. The van der Waals surface area contributed by atoms with Crippen LogP contribution < -0.4 is 10.9 Å². The van der Waals surface area contributed by atoms with E-state index in [0.717, 1.165) is 22.2 Å². The molecule has 84 valence electrons. The van der Waals surface area contributed by atoms with Gasteiger partial charge in [-0.2, -0.15) is 0 Å². The molecular formula is C13H8ClNO2. The number of hydrogen-bond donors (Lipinski definition) is 1. The van der Waals surface area contributed by atoms with Gasteiger partial charge in [0, 0.05) is 22.2 Å². The Bertz CT molecular complexity index is 807. The molecule has 0 saturated heterocycles. The van der Waals surface area contributed by atoms with Gasteiger partial charge >= 0.3 is 0 Å². The van der Waals surface area contributed by atoms with Gasteiger partial charge in [-0.1, -0.05) is 29.8 Å². The minimum atomic E-state index is -0.591. The van der Waals surface area contributed by atoms with Gasteiger partial charge in [0.25, 0.3) is 0 Å². The van der Waals surface area contributed by atoms with Crippen LogP contribution in [0.4, 0.5) is 0 Å². The molecule has 0 atom stereocenters. The fraction of sp³-hybridized carbons (Fsp3) is 0.0769. The van der Waals surface area contributed by atoms with E-state index in [4.69, 9.17) is 11.6 Å². The Morgan fingerprint density at radius 2 is 1.76 bits per heavy atom. The van der Waals surface area contributed by atoms with Crippen LogP contribution in [0.2, 0.25) is 5.02 Å². The number of H-pyrrole nitrogens is 1. The summed E-state index contributed by atoms with van der Waals surface area (Å²) in [6.07, 6.45) is 0. The van der Waals surface area contributed by atoms with Crippen LogP contribution >= 0.6 is 11.6 Å². The molecule has 1 aromatic heterocycles. The van der Waals surface area contributed by atoms with E-state index in [0.29, 0.717) is 5.56 Å². The van der Waals surface area contributed by atoms with Gasteiger partial charge in [0.05, 0.1) is 5.56 Å². The Hall–Kier alpha value is -1.87. The molecule has 0 radical (unpaired) electrons. The van der Waals surface area contributed by atoms with E-state index in [9.17, 15) is 9.59 Å². The highest BCUT2D eigenvalue weighted by Gasteiger charge is 2.24. The third-order valence-corrected chi connectivity index (χ3v) is 3.36. The second-order valence-corrected chi connectivity index (χ2v) is 4.40. The topological polar surface area (TPSA) is 49.9 Å². The van der Waals surface area contributed by atoms with Gasteiger partial charge in [0.15, 0.2) is 0 Å². The number of nitrogens with one attached hydrogen (secondary N) is 1. The van der Waals surface area contributed by atoms with E-state index >= 15 is 0 Å². The first-order valence-corrected chi connectivity index (χ1v) is 5.55. The van der Waals surface area contributed by atoms with Crippen molar-refractivity contribution in [3.05, 3.63) is 55.4 Å². The summed E-state index contributed by atoms with van der Waals surface area (Å²) >= 11 is 5.82. The fourth-order valence-corrected chi connectivity index (χ4v) is 2.45. The first-order valence-electron chi connectivity index (χ1n) is 5.17. The van der Waals surface area contributed by atoms with Gasteiger partial charge in [0.1, 0.15) is 5.02 Å². The lowest BCUT2D eigenvalue weighted by atomic mass is 9.98. The first-order chi connectivity index (χ1) is 8.11. The molecule has 0 saturated carbocycles. The summed E-state index contributed by atoms with van der Waals surface area (Å²) in [6.45, 7) is 1.86. The zero-order valence-corrected chi connectivity index (χ0v) is 9.76. The van der Waals surface area contributed by atoms with E-state index in [-0.39, 0.29) is 5.02 Å². The van der Waals surface area contributed by atoms with Gasteiger partial charge < -0.3 is 4.98 Å². The largest absolute Gasteiger partial charge is 0.358 e. The lowest BCUT2D eigenvalue weighted by Gasteiger charge is -2.05. The number of aromatic amines is 1. The summed E-state index contributed by atoms with van der Waals surface area (Å²) in [4.78, 5) is 25.9. The van der Waals surface area contributed by atoms with Gasteiger partial charge in [-0.05, 0) is 13.0 Å². The van der Waals surface area contributed by atoms with Gasteiger partial charge in [0.2, 0.25) is 10.9 Å². The number of halogens is 1. The molecule has 3 rings (SSSR count). The zero-order valence-electron chi connectivity index (χ0n) is 9.00. The Balaban J connectivity index is 2.43. The van der Waals surface area contributed by atoms with Crippen molar-refractivity contribution in [2.45, 2.75) is 6.92 Å². The first kappa shape index (κ1) is 10.3. The molecule has 0 bridgehead atoms. The third kappa shape index (κ3) is 1.23. The molecule has 0 amide bonds. The van der Waals surface area contributed by atoms with Crippen molar-refractivity contribution in [1.82, 2.24) is 4.98 Å². The average Bonchev–Trinajstić information content (AvgIpc) is 2.66. The Morgan fingerprint density at radius 3 is 2.47 bits per heavy atom. The average molecular weight is 246 g/mol. The molecule has 4 heteroatoms. The van der Waals surface area contributed by atoms with Crippen molar-refractivity contribution in [2.75, 3.05) is 0 Å². The zero-order chi connectivity index (χ0) is 12.2. The molecule has 3 nitrogen and oxygen atoms in total. The lowest BCUT2D eigenvalue weighted by molar-refractivity contribution is 1.29. The van der Waals surface area contributed by atoms with E-state index in [2.05, 4.69) is 4.98 Å². The van der Waals surface area contributed by atoms with E-state index in [1.54, 1.807) is 0 Å². The third-order valence-electron chi connectivity index (χ3n) is 3.00. The molecular weight excluding hydrogens is 238 g/mol. The van der Waals surface area contributed by atoms with Gasteiger partial charge in [-0.25, -0.2) is 0 Å². The number of hydrogen-bond acceptors (Lipinski definition) is 2. The smallest absolute Gasteiger partial charge is 0.245 e. The molecule has 0 aliphatic rings. The van der Waals surface area contributed by atoms with E-state index in [1.165, 1.54) is 0 Å². The second-order valence-electron chi connectivity index (χ2n) is 4.02. The highest BCUT2D eigenvalue weighted by Crippen LogP contribution is 2.33. The minimum Gasteiger partial charge on any atom is -0.358 e. The highest BCUT2D eigenvalue weighted by atomic mass is 35.5. The summed E-state index contributed by atoms with van der Waals surface area (Å²) in [5.74, 6) is 0. The predicted molar refractivity (Wildman–Crippen MR) is 68.4 cm³/mol. The molecule has 0 fully saturated rings. The normalized spacial score (nSPS) is 11.4. The summed E-state index contributed by atoms with van der Waals surface area (Å²) in [5, 5.41) is 0.960. The Labute approximate surface area is 101 Å². The summed E-state index contributed by atoms with van der Waals surface area (Å²) in [6, 6.07) is 7.62. The second kappa shape index (κ2) is 3.31. The van der Waals surface area contributed by atoms with Crippen molar-refractivity contribution in [1.29, 1.82) is 0 Å². The van der Waals surface area contributed by atoms with Crippen molar-refractivity contribution in [3.8, 4) is 11.1 Å². The van der Waals surface area contributed by atoms with Crippen molar-refractivity contribution >= 4 is 22.5 Å². The van der Waals surface area contributed by atoms with Gasteiger partial charge in [-0.3, -0.25) is 9.59 Å². The standard InChI is InChI=1S/C13H8ClNO2/c1-6-9(10-11(14)13(17)12(10)16)7-4-2-3-5-8(7)15-6/h2-5,15H,1H3. The number of benzene rings is 1. The maximum Gasteiger partial charge on any atom is 0.245 e. The van der Waals surface area contributed by atoms with Crippen LogP contribution in [0, 0.1) is 6.92 Å². The van der Waals surface area contributed by atoms with Crippen LogP contribution in [-0.4, -0.2) is 4.98 Å². The molecule has 0 aliphatic heterocycles. The van der Waals surface area contributed by atoms with Crippen LogP contribution in [0.5, 0.6) is 0 Å². The molecule has 0 unspecified atom stereocenters. The number of rotatable bonds is 1. The minimum absolute atomic E-state index is 0.0443. The maximum atomic E-state index is 11.6. The fourth-order valence-electron chi connectivity index (χ4n) is 2.19. The van der Waals surface area contributed by atoms with E-state index in [1.807, 2.05) is 31.2 Å². The van der Waals surface area contributed by atoms with Crippen LogP contribution in [0.15, 0.2) is 33.9 Å². The number of fused-ring (bicyclic) bond motifs is 1. The molecule has 1 N–H and O–H groups in total. The molecule has 17 heavy (non-hydrogen) atoms. The van der Waals surface area contributed by atoms with Crippen LogP contribution in [0.1, 0.15) is 5.69 Å². The Morgan fingerprint density at radius 1 is 1.06 bits per heavy atom. The quantitative estimate of drug-likeness (QED) is 0.670. The lowest BCUT2D eigenvalue weighted by Crippen LogP contribution is -2.33. The number of para-hydroxylation sites is 1. The summed E-state index contributed by atoms with van der Waals surface area (Å²) in [7, 11) is 0. The van der Waals surface area contributed by atoms with E-state index < -0.39 is 10.9 Å². The van der Waals surface area contributed by atoms with Crippen molar-refractivity contribution < 1.29 is 0 Å². The molecule has 1 heterocycles. The van der Waals surface area contributed by atoms with Crippen LogP contribution in [0.3, 0.4) is 0 Å². The summed E-state index contributed by atoms with van der Waals surface area (Å²) in [5.41, 5.74) is 1.78. The molecule has 0 aliphatic carbocycles. The van der Waals surface area contributed by atoms with Crippen LogP contribution in [0.25, 0.3) is 22.0 Å². The molecule has 0 spiro atoms.